The van der Waals surface area contributed by atoms with Crippen molar-refractivity contribution in [2.24, 2.45) is 5.92 Å². The van der Waals surface area contributed by atoms with E-state index in [9.17, 15) is 4.79 Å². The molecule has 90 valence electrons. The van der Waals surface area contributed by atoms with E-state index < -0.39 is 5.92 Å². The molecule has 4 heteroatoms. The molecule has 1 amide bonds. The predicted molar refractivity (Wildman–Crippen MR) is 62.7 cm³/mol. The van der Waals surface area contributed by atoms with Crippen molar-refractivity contribution >= 4 is 5.91 Å². The van der Waals surface area contributed by atoms with Gasteiger partial charge in [0.05, 0.1) is 6.07 Å². The van der Waals surface area contributed by atoms with Gasteiger partial charge in [0, 0.05) is 12.6 Å². The molecule has 1 saturated heterocycles. The van der Waals surface area contributed by atoms with Crippen LogP contribution in [0.1, 0.15) is 32.6 Å². The zero-order chi connectivity index (χ0) is 12.0. The Balaban J connectivity index is 2.31. The van der Waals surface area contributed by atoms with Crippen LogP contribution >= 0.6 is 0 Å². The van der Waals surface area contributed by atoms with E-state index in [0.717, 1.165) is 19.4 Å². The Labute approximate surface area is 97.6 Å². The third-order valence-corrected chi connectivity index (χ3v) is 3.23. The summed E-state index contributed by atoms with van der Waals surface area (Å²) in [6, 6.07) is 2.51. The molecule has 1 heterocycles. The summed E-state index contributed by atoms with van der Waals surface area (Å²) in [6.45, 7) is 3.77. The lowest BCUT2D eigenvalue weighted by Crippen LogP contribution is -2.40. The van der Waals surface area contributed by atoms with Crippen LogP contribution in [-0.4, -0.2) is 37.0 Å². The maximum atomic E-state index is 11.7. The molecule has 0 saturated carbocycles. The van der Waals surface area contributed by atoms with Crippen LogP contribution in [0.15, 0.2) is 0 Å². The van der Waals surface area contributed by atoms with Gasteiger partial charge in [0.25, 0.3) is 0 Å². The molecule has 0 aromatic carbocycles. The SMILES string of the molecule is CCCC(C#N)C(=O)NCC1CCCN1C. The molecule has 1 fully saturated rings. The van der Waals surface area contributed by atoms with Gasteiger partial charge in [-0.3, -0.25) is 4.79 Å². The van der Waals surface area contributed by atoms with Crippen LogP contribution in [0.5, 0.6) is 0 Å². The zero-order valence-corrected chi connectivity index (χ0v) is 10.2. The third-order valence-electron chi connectivity index (χ3n) is 3.23. The second-order valence-corrected chi connectivity index (χ2v) is 4.49. The van der Waals surface area contributed by atoms with E-state index in [-0.39, 0.29) is 5.91 Å². The minimum atomic E-state index is -0.475. The highest BCUT2D eigenvalue weighted by atomic mass is 16.1. The molecule has 16 heavy (non-hydrogen) atoms. The first-order valence-corrected chi connectivity index (χ1v) is 6.06. The molecule has 0 aromatic rings. The first kappa shape index (κ1) is 13.0. The Morgan fingerprint density at radius 1 is 1.69 bits per heavy atom. The third kappa shape index (κ3) is 3.49. The number of likely N-dealkylation sites (tertiary alicyclic amines) is 1. The minimum absolute atomic E-state index is 0.107. The average Bonchev–Trinajstić information content (AvgIpc) is 2.68. The number of likely N-dealkylation sites (N-methyl/N-ethyl adjacent to an activating group) is 1. The van der Waals surface area contributed by atoms with E-state index in [4.69, 9.17) is 5.26 Å². The Morgan fingerprint density at radius 3 is 2.94 bits per heavy atom. The van der Waals surface area contributed by atoms with Crippen molar-refractivity contribution in [2.45, 2.75) is 38.6 Å². The standard InChI is InChI=1S/C12H21N3O/c1-3-5-10(8-13)12(16)14-9-11-6-4-7-15(11)2/h10-11H,3-7,9H2,1-2H3,(H,14,16). The minimum Gasteiger partial charge on any atom is -0.353 e. The van der Waals surface area contributed by atoms with Gasteiger partial charge in [-0.2, -0.15) is 5.26 Å². The molecular weight excluding hydrogens is 202 g/mol. The van der Waals surface area contributed by atoms with Crippen molar-refractivity contribution in [3.8, 4) is 6.07 Å². The number of nitrogens with one attached hydrogen (secondary N) is 1. The van der Waals surface area contributed by atoms with E-state index >= 15 is 0 Å². The first-order valence-electron chi connectivity index (χ1n) is 6.06. The Kier molecular flexibility index (Phi) is 5.27. The predicted octanol–water partition coefficient (Wildman–Crippen LogP) is 1.14. The van der Waals surface area contributed by atoms with Crippen molar-refractivity contribution in [1.29, 1.82) is 5.26 Å². The van der Waals surface area contributed by atoms with Gasteiger partial charge in [-0.25, -0.2) is 0 Å². The largest absolute Gasteiger partial charge is 0.353 e. The van der Waals surface area contributed by atoms with Crippen LogP contribution in [-0.2, 0) is 4.79 Å². The molecule has 1 N–H and O–H groups in total. The number of carbonyl (C=O) groups excluding carboxylic acids is 1. The van der Waals surface area contributed by atoms with Crippen LogP contribution in [0.2, 0.25) is 0 Å². The van der Waals surface area contributed by atoms with Crippen molar-refractivity contribution < 1.29 is 4.79 Å². The monoisotopic (exact) mass is 223 g/mol. The Hall–Kier alpha value is -1.08. The number of carbonyl (C=O) groups is 1. The summed E-state index contributed by atoms with van der Waals surface area (Å²) in [7, 11) is 2.08. The Morgan fingerprint density at radius 2 is 2.44 bits per heavy atom. The summed E-state index contributed by atoms with van der Waals surface area (Å²) in [4.78, 5) is 13.9. The summed E-state index contributed by atoms with van der Waals surface area (Å²) in [5.74, 6) is -0.582. The number of nitrogens with zero attached hydrogens (tertiary/aromatic N) is 2. The van der Waals surface area contributed by atoms with E-state index in [1.807, 2.05) is 6.92 Å². The van der Waals surface area contributed by atoms with E-state index in [1.165, 1.54) is 6.42 Å². The molecule has 1 aliphatic rings. The highest BCUT2D eigenvalue weighted by Crippen LogP contribution is 2.14. The molecule has 0 spiro atoms. The summed E-state index contributed by atoms with van der Waals surface area (Å²) in [6.07, 6.45) is 3.87. The lowest BCUT2D eigenvalue weighted by molar-refractivity contribution is -0.123. The second kappa shape index (κ2) is 6.49. The van der Waals surface area contributed by atoms with E-state index in [0.29, 0.717) is 19.0 Å². The molecule has 0 aromatic heterocycles. The molecule has 0 aliphatic carbocycles. The molecular formula is C12H21N3O. The summed E-state index contributed by atoms with van der Waals surface area (Å²) in [5.41, 5.74) is 0. The fraction of sp³-hybridized carbons (Fsp3) is 0.833. The quantitative estimate of drug-likeness (QED) is 0.760. The number of rotatable bonds is 5. The van der Waals surface area contributed by atoms with Gasteiger partial charge in [-0.15, -0.1) is 0 Å². The summed E-state index contributed by atoms with van der Waals surface area (Å²) < 4.78 is 0. The average molecular weight is 223 g/mol. The number of amides is 1. The van der Waals surface area contributed by atoms with Crippen LogP contribution in [0.4, 0.5) is 0 Å². The first-order chi connectivity index (χ1) is 7.69. The van der Waals surface area contributed by atoms with Gasteiger partial charge >= 0.3 is 0 Å². The molecule has 2 unspecified atom stereocenters. The van der Waals surface area contributed by atoms with E-state index in [2.05, 4.69) is 23.3 Å². The lowest BCUT2D eigenvalue weighted by Gasteiger charge is -2.20. The Bertz CT molecular complexity index is 272. The maximum Gasteiger partial charge on any atom is 0.237 e. The fourth-order valence-electron chi connectivity index (χ4n) is 2.12. The second-order valence-electron chi connectivity index (χ2n) is 4.49. The summed E-state index contributed by atoms with van der Waals surface area (Å²) >= 11 is 0. The molecule has 0 bridgehead atoms. The van der Waals surface area contributed by atoms with Gasteiger partial charge in [0.2, 0.25) is 5.91 Å². The van der Waals surface area contributed by atoms with Crippen LogP contribution < -0.4 is 5.32 Å². The van der Waals surface area contributed by atoms with Gasteiger partial charge in [0.1, 0.15) is 5.92 Å². The number of hydrogen-bond donors (Lipinski definition) is 1. The summed E-state index contributed by atoms with van der Waals surface area (Å²) in [5, 5.41) is 11.7. The smallest absolute Gasteiger partial charge is 0.237 e. The van der Waals surface area contributed by atoms with Crippen molar-refractivity contribution in [3.63, 3.8) is 0 Å². The molecule has 1 aliphatic heterocycles. The van der Waals surface area contributed by atoms with Gasteiger partial charge in [0.15, 0.2) is 0 Å². The van der Waals surface area contributed by atoms with Gasteiger partial charge in [-0.05, 0) is 32.9 Å². The topological polar surface area (TPSA) is 56.1 Å². The number of hydrogen-bond acceptors (Lipinski definition) is 3. The van der Waals surface area contributed by atoms with Crippen LogP contribution in [0.3, 0.4) is 0 Å². The van der Waals surface area contributed by atoms with E-state index in [1.54, 1.807) is 0 Å². The van der Waals surface area contributed by atoms with Crippen molar-refractivity contribution in [3.05, 3.63) is 0 Å². The van der Waals surface area contributed by atoms with Crippen molar-refractivity contribution in [1.82, 2.24) is 10.2 Å². The highest BCUT2D eigenvalue weighted by Gasteiger charge is 2.23. The number of nitriles is 1. The van der Waals surface area contributed by atoms with Gasteiger partial charge in [-0.1, -0.05) is 13.3 Å². The maximum absolute atomic E-state index is 11.7. The van der Waals surface area contributed by atoms with Gasteiger partial charge < -0.3 is 10.2 Å². The van der Waals surface area contributed by atoms with Crippen LogP contribution in [0, 0.1) is 17.2 Å². The fourth-order valence-corrected chi connectivity index (χ4v) is 2.12. The van der Waals surface area contributed by atoms with Crippen molar-refractivity contribution in [2.75, 3.05) is 20.1 Å². The van der Waals surface area contributed by atoms with Crippen LogP contribution in [0.25, 0.3) is 0 Å². The lowest BCUT2D eigenvalue weighted by atomic mass is 10.0. The zero-order valence-electron chi connectivity index (χ0n) is 10.2. The molecule has 4 nitrogen and oxygen atoms in total. The molecule has 0 radical (unpaired) electrons. The highest BCUT2D eigenvalue weighted by molar-refractivity contribution is 5.80. The normalized spacial score (nSPS) is 22.7. The molecule has 1 rings (SSSR count). The molecule has 2 atom stereocenters.